The average Bonchev–Trinajstić information content (AvgIpc) is 3.27. The summed E-state index contributed by atoms with van der Waals surface area (Å²) in [4.78, 5) is 0. The van der Waals surface area contributed by atoms with Crippen molar-refractivity contribution in [2.45, 2.75) is 12.4 Å². The molecule has 4 aromatic rings. The lowest BCUT2D eigenvalue weighted by molar-refractivity contribution is -0.138. The first-order valence-electron chi connectivity index (χ1n) is 8.87. The van der Waals surface area contributed by atoms with E-state index in [0.29, 0.717) is 22.3 Å². The Balaban J connectivity index is 1.95. The highest BCUT2D eigenvalue weighted by atomic mass is 19.4. The molecule has 0 saturated heterocycles. The Morgan fingerprint density at radius 1 is 0.645 bits per heavy atom. The first kappa shape index (κ1) is 20.6. The molecule has 1 aromatic heterocycles. The summed E-state index contributed by atoms with van der Waals surface area (Å²) in [6.45, 7) is 0. The van der Waals surface area contributed by atoms with Gasteiger partial charge in [-0.1, -0.05) is 42.5 Å². The summed E-state index contributed by atoms with van der Waals surface area (Å²) < 4.78 is 78.7. The van der Waals surface area contributed by atoms with Gasteiger partial charge >= 0.3 is 12.4 Å². The lowest BCUT2D eigenvalue weighted by Crippen LogP contribution is -2.05. The minimum absolute atomic E-state index is 0.140. The lowest BCUT2D eigenvalue weighted by atomic mass is 9.89. The van der Waals surface area contributed by atoms with E-state index in [1.165, 1.54) is 24.3 Å². The van der Waals surface area contributed by atoms with Gasteiger partial charge in [0.25, 0.3) is 0 Å². The fraction of sp³-hybridized carbons (Fsp3) is 0.0952. The van der Waals surface area contributed by atoms with Gasteiger partial charge in [-0.15, -0.1) is 10.2 Å². The van der Waals surface area contributed by atoms with E-state index in [1.807, 2.05) is 0 Å². The van der Waals surface area contributed by atoms with Crippen LogP contribution in [0, 0.1) is 0 Å². The van der Waals surface area contributed by atoms with Crippen molar-refractivity contribution in [3.05, 3.63) is 77.9 Å². The number of nitrogens with one attached hydrogen (secondary N) is 1. The molecule has 10 heteroatoms. The molecule has 0 saturated carbocycles. The van der Waals surface area contributed by atoms with E-state index < -0.39 is 23.5 Å². The van der Waals surface area contributed by atoms with Crippen LogP contribution >= 0.6 is 0 Å². The minimum Gasteiger partial charge on any atom is -0.177 e. The monoisotopic (exact) mass is 434 g/mol. The normalized spacial score (nSPS) is 12.2. The molecule has 0 unspecified atom stereocenters. The maximum atomic E-state index is 13.3. The van der Waals surface area contributed by atoms with Gasteiger partial charge in [-0.05, 0) is 46.2 Å². The lowest BCUT2D eigenvalue weighted by Gasteiger charge is -2.16. The molecule has 0 amide bonds. The van der Waals surface area contributed by atoms with Gasteiger partial charge in [0.15, 0.2) is 0 Å². The van der Waals surface area contributed by atoms with E-state index in [2.05, 4.69) is 20.6 Å². The van der Waals surface area contributed by atoms with Crippen LogP contribution in [0.3, 0.4) is 0 Å². The Labute approximate surface area is 171 Å². The summed E-state index contributed by atoms with van der Waals surface area (Å²) in [7, 11) is 0. The van der Waals surface area contributed by atoms with E-state index in [4.69, 9.17) is 0 Å². The number of alkyl halides is 6. The first-order valence-corrected chi connectivity index (χ1v) is 8.87. The summed E-state index contributed by atoms with van der Waals surface area (Å²) in [6, 6.07) is 13.9. The largest absolute Gasteiger partial charge is 0.416 e. The van der Waals surface area contributed by atoms with Crippen molar-refractivity contribution in [2.75, 3.05) is 0 Å². The van der Waals surface area contributed by atoms with Crippen molar-refractivity contribution in [3.63, 3.8) is 0 Å². The van der Waals surface area contributed by atoms with E-state index in [-0.39, 0.29) is 11.4 Å². The van der Waals surface area contributed by atoms with Crippen LogP contribution in [-0.4, -0.2) is 20.6 Å². The Bertz CT molecular complexity index is 1200. The molecule has 31 heavy (non-hydrogen) atoms. The molecule has 1 heterocycles. The van der Waals surface area contributed by atoms with Crippen molar-refractivity contribution in [1.29, 1.82) is 0 Å². The Morgan fingerprint density at radius 3 is 1.90 bits per heavy atom. The molecule has 0 aliphatic heterocycles. The van der Waals surface area contributed by atoms with Gasteiger partial charge < -0.3 is 0 Å². The van der Waals surface area contributed by atoms with Gasteiger partial charge in [0.05, 0.1) is 11.1 Å². The fourth-order valence-corrected chi connectivity index (χ4v) is 3.26. The molecule has 0 aliphatic rings. The van der Waals surface area contributed by atoms with Crippen LogP contribution in [0.2, 0.25) is 0 Å². The summed E-state index contributed by atoms with van der Waals surface area (Å²) in [5.74, 6) is 0.140. The molecule has 0 atom stereocenters. The third-order valence-electron chi connectivity index (χ3n) is 4.65. The van der Waals surface area contributed by atoms with Gasteiger partial charge in [-0.25, -0.2) is 0 Å². The summed E-state index contributed by atoms with van der Waals surface area (Å²) in [5, 5.41) is 13.6. The number of aromatic amines is 1. The number of nitrogens with zero attached hydrogens (tertiary/aromatic N) is 3. The van der Waals surface area contributed by atoms with Gasteiger partial charge in [-0.2, -0.15) is 31.6 Å². The molecule has 4 nitrogen and oxygen atoms in total. The van der Waals surface area contributed by atoms with Crippen molar-refractivity contribution in [1.82, 2.24) is 20.6 Å². The van der Waals surface area contributed by atoms with Crippen LogP contribution in [0.4, 0.5) is 26.3 Å². The van der Waals surface area contributed by atoms with E-state index in [1.54, 1.807) is 18.2 Å². The van der Waals surface area contributed by atoms with Crippen LogP contribution in [-0.2, 0) is 12.4 Å². The second-order valence-corrected chi connectivity index (χ2v) is 6.62. The van der Waals surface area contributed by atoms with Crippen LogP contribution in [0.25, 0.3) is 33.6 Å². The van der Waals surface area contributed by atoms with Crippen molar-refractivity contribution < 1.29 is 26.3 Å². The van der Waals surface area contributed by atoms with Crippen LogP contribution in [0.1, 0.15) is 11.1 Å². The molecule has 0 bridgehead atoms. The van der Waals surface area contributed by atoms with E-state index in [0.717, 1.165) is 24.3 Å². The van der Waals surface area contributed by atoms with Crippen LogP contribution < -0.4 is 0 Å². The van der Waals surface area contributed by atoms with Crippen molar-refractivity contribution in [3.8, 4) is 33.6 Å². The minimum atomic E-state index is -4.56. The van der Waals surface area contributed by atoms with Crippen molar-refractivity contribution in [2.24, 2.45) is 0 Å². The van der Waals surface area contributed by atoms with Gasteiger partial charge in [0, 0.05) is 11.1 Å². The van der Waals surface area contributed by atoms with Gasteiger partial charge in [0.2, 0.25) is 5.82 Å². The van der Waals surface area contributed by atoms with Gasteiger partial charge in [0.1, 0.15) is 0 Å². The topological polar surface area (TPSA) is 54.5 Å². The highest BCUT2D eigenvalue weighted by Gasteiger charge is 2.32. The summed E-state index contributed by atoms with van der Waals surface area (Å²) in [5.41, 5.74) is 0.0731. The number of benzene rings is 3. The zero-order valence-corrected chi connectivity index (χ0v) is 15.5. The molecular formula is C21H12F6N4. The maximum Gasteiger partial charge on any atom is 0.416 e. The first-order chi connectivity index (χ1) is 14.6. The zero-order chi connectivity index (χ0) is 22.2. The molecule has 0 spiro atoms. The third-order valence-corrected chi connectivity index (χ3v) is 4.65. The predicted molar refractivity (Wildman–Crippen MR) is 100 cm³/mol. The number of hydrogen-bond acceptors (Lipinski definition) is 3. The van der Waals surface area contributed by atoms with E-state index >= 15 is 0 Å². The Kier molecular flexibility index (Phi) is 5.00. The number of halogens is 6. The molecule has 0 fully saturated rings. The number of aromatic nitrogens is 4. The number of tetrazole rings is 1. The molecule has 3 aromatic carbocycles. The zero-order valence-electron chi connectivity index (χ0n) is 15.5. The highest BCUT2D eigenvalue weighted by Crippen LogP contribution is 2.41. The van der Waals surface area contributed by atoms with Crippen LogP contribution in [0.15, 0.2) is 66.7 Å². The molecule has 0 radical (unpaired) electrons. The van der Waals surface area contributed by atoms with Crippen LogP contribution in [0.5, 0.6) is 0 Å². The van der Waals surface area contributed by atoms with Gasteiger partial charge in [-0.3, -0.25) is 0 Å². The van der Waals surface area contributed by atoms with Crippen molar-refractivity contribution >= 4 is 0 Å². The average molecular weight is 434 g/mol. The molecule has 158 valence electrons. The molecule has 0 aliphatic carbocycles. The standard InChI is InChI=1S/C21H12F6N4/c22-20(23,24)14-9-7-12(8-10-14)16-5-2-6-17(19-28-30-31-29-19)18(16)13-3-1-4-15(11-13)21(25,26)27/h1-11H,(H,28,29,30,31). The van der Waals surface area contributed by atoms with E-state index in [9.17, 15) is 26.3 Å². The SMILES string of the molecule is FC(F)(F)c1ccc(-c2cccc(-c3nn[nH]n3)c2-c2cccc(C(F)(F)F)c2)cc1. The Hall–Kier alpha value is -3.69. The fourth-order valence-electron chi connectivity index (χ4n) is 3.26. The predicted octanol–water partition coefficient (Wildman–Crippen LogP) is 6.24. The number of hydrogen-bond donors (Lipinski definition) is 1. The molecule has 4 rings (SSSR count). The smallest absolute Gasteiger partial charge is 0.177 e. The summed E-state index contributed by atoms with van der Waals surface area (Å²) in [6.07, 6.45) is -9.07. The maximum absolute atomic E-state index is 13.3. The molecular weight excluding hydrogens is 422 g/mol. The third kappa shape index (κ3) is 4.14. The number of H-pyrrole nitrogens is 1. The highest BCUT2D eigenvalue weighted by molar-refractivity contribution is 5.93. The second-order valence-electron chi connectivity index (χ2n) is 6.62. The molecule has 1 N–H and O–H groups in total. The quantitative estimate of drug-likeness (QED) is 0.389. The number of rotatable bonds is 3. The Morgan fingerprint density at radius 2 is 1.29 bits per heavy atom. The summed E-state index contributed by atoms with van der Waals surface area (Å²) >= 11 is 0. The second kappa shape index (κ2) is 7.53.